The number of phenolic OH excluding ortho intramolecular Hbond substituents is 1. The molecule has 4 unspecified atom stereocenters. The summed E-state index contributed by atoms with van der Waals surface area (Å²) in [6, 6.07) is 3.97. The van der Waals surface area contributed by atoms with Gasteiger partial charge in [-0.1, -0.05) is 88.1 Å². The zero-order valence-electron chi connectivity index (χ0n) is 62.9. The standard InChI is InChI=1S/C77H107F2N13O16/c1-43(2)23-27-51-40-83-59(31-32-63(80)96)65(98)64(97)45(4)84-71(104)61(39-53-41-82-58-22-18-17-21-55(53)58)89-72(105)60(38-49-24-28-54(95)29-25-49)88-68(101)48(7)87-74(107)76(8,92-70(103)52(35-44(3)94)36-50-26-30-56(78)57(79)37-50)33-19-15-13-11-10-12-14-16-20-34-77(9,91-69(51)102)75(108)90-62(42-93)73(106)86-47(6)67(100)85-46(5)66(81)99/h12,14,17-18,21-22,24-26,28-30,37,41,43,45-48,51-52,59-62,82-83,93,95H,10-11,13,15-16,19-20,23,27,31-36,38-40,42H2,1-9H3,(H2,80,96)(H2,81,99)(H,84,104)(H,85,100)(H,86,106)(H,87,107)(H,88,101)(H,89,105)(H,90,108)(H,91,102)(H,92,103)/b14-12+/t45?,46?,47-,48?,51+,52-,59-,60-,61-,62?,76+,77-/m0/s1. The smallest absolute Gasteiger partial charge is 0.246 e. The fourth-order valence-electron chi connectivity index (χ4n) is 12.3. The molecule has 0 radical (unpaired) electrons. The molecule has 5 rings (SSSR count). The van der Waals surface area contributed by atoms with Crippen molar-refractivity contribution in [2.45, 2.75) is 231 Å². The first-order valence-corrected chi connectivity index (χ1v) is 36.6. The zero-order chi connectivity index (χ0) is 80.2. The second kappa shape index (κ2) is 42.3. The van der Waals surface area contributed by atoms with Crippen molar-refractivity contribution >= 4 is 93.2 Å². The summed E-state index contributed by atoms with van der Waals surface area (Å²) in [4.78, 5) is 199. The average molecular weight is 1510 g/mol. The Labute approximate surface area is 627 Å². The van der Waals surface area contributed by atoms with Crippen LogP contribution in [0.5, 0.6) is 5.75 Å². The van der Waals surface area contributed by atoms with E-state index in [4.69, 9.17) is 11.5 Å². The number of aliphatic hydroxyl groups is 1. The number of phenols is 1. The van der Waals surface area contributed by atoms with E-state index in [1.54, 1.807) is 30.5 Å². The van der Waals surface area contributed by atoms with E-state index in [-0.39, 0.29) is 81.6 Å². The van der Waals surface area contributed by atoms with Gasteiger partial charge < -0.3 is 84.6 Å². The largest absolute Gasteiger partial charge is 0.508 e. The molecule has 29 nitrogen and oxygen atoms in total. The molecule has 1 aliphatic heterocycles. The molecule has 0 spiro atoms. The Morgan fingerprint density at radius 3 is 1.93 bits per heavy atom. The molecular formula is C77H107F2N13O16. The molecule has 17 N–H and O–H groups in total. The highest BCUT2D eigenvalue weighted by molar-refractivity contribution is 6.41. The first kappa shape index (κ1) is 88.3. The number of nitrogens with one attached hydrogen (secondary N) is 11. The third-order valence-electron chi connectivity index (χ3n) is 19.1. The van der Waals surface area contributed by atoms with Gasteiger partial charge >= 0.3 is 0 Å². The highest BCUT2D eigenvalue weighted by atomic mass is 19.2. The van der Waals surface area contributed by atoms with Crippen LogP contribution in [0.1, 0.15) is 169 Å². The quantitative estimate of drug-likeness (QED) is 0.0354. The molecule has 4 aromatic rings. The number of allylic oxidation sites excluding steroid dienone is 2. The number of nitrogens with two attached hydrogens (primary N) is 2. The van der Waals surface area contributed by atoms with Crippen LogP contribution in [-0.4, -0.2) is 170 Å². The van der Waals surface area contributed by atoms with Crippen LogP contribution in [0.3, 0.4) is 0 Å². The molecule has 31 heteroatoms. The minimum Gasteiger partial charge on any atom is -0.508 e. The predicted octanol–water partition coefficient (Wildman–Crippen LogP) is 2.97. The number of rotatable bonds is 24. The number of aromatic amines is 1. The van der Waals surface area contributed by atoms with Crippen molar-refractivity contribution in [2.24, 2.45) is 29.2 Å². The van der Waals surface area contributed by atoms with E-state index < -0.39 is 178 Å². The van der Waals surface area contributed by atoms with E-state index in [2.05, 4.69) is 58.2 Å². The number of carbonyl (C=O) groups excluding carboxylic acids is 14. The Hall–Kier alpha value is -10.3. The van der Waals surface area contributed by atoms with Crippen LogP contribution in [-0.2, 0) is 86.4 Å². The maximum Gasteiger partial charge on any atom is 0.246 e. The van der Waals surface area contributed by atoms with Crippen molar-refractivity contribution in [3.05, 3.63) is 113 Å². The number of Topliss-reactive ketones (excluding diaryl/α,β-unsaturated/α-hetero) is 3. The molecule has 12 atom stereocenters. The molecule has 1 aliphatic rings. The maximum atomic E-state index is 15.0. The molecule has 0 bridgehead atoms. The predicted molar refractivity (Wildman–Crippen MR) is 397 cm³/mol. The molecule has 11 amide bonds. The van der Waals surface area contributed by atoms with E-state index in [0.29, 0.717) is 67.0 Å². The maximum absolute atomic E-state index is 15.0. The molecule has 3 aromatic carbocycles. The van der Waals surface area contributed by atoms with Crippen molar-refractivity contribution < 1.29 is 86.1 Å². The van der Waals surface area contributed by atoms with Crippen LogP contribution in [0, 0.1) is 29.4 Å². The van der Waals surface area contributed by atoms with Crippen LogP contribution in [0.4, 0.5) is 8.78 Å². The van der Waals surface area contributed by atoms with Gasteiger partial charge in [-0.2, -0.15) is 0 Å². The number of aromatic nitrogens is 1. The summed E-state index contributed by atoms with van der Waals surface area (Å²) in [7, 11) is 0. The number of aromatic hydroxyl groups is 1. The number of hydrogen-bond acceptors (Lipinski definition) is 17. The molecule has 1 aromatic heterocycles. The Morgan fingerprint density at radius 1 is 0.648 bits per heavy atom. The average Bonchev–Trinajstić information content (AvgIpc) is 1.20. The number of halogens is 2. The van der Waals surface area contributed by atoms with Crippen molar-refractivity contribution in [1.82, 2.24) is 58.2 Å². The summed E-state index contributed by atoms with van der Waals surface area (Å²) < 4.78 is 28.5. The number of aliphatic hydroxyl groups excluding tert-OH is 1. The van der Waals surface area contributed by atoms with E-state index in [9.17, 15) is 86.1 Å². The number of para-hydroxylation sites is 1. The first-order chi connectivity index (χ1) is 50.9. The minimum absolute atomic E-state index is 0.00828. The van der Waals surface area contributed by atoms with E-state index in [1.807, 2.05) is 26.0 Å². The number of benzene rings is 3. The molecular weight excluding hydrogens is 1400 g/mol. The minimum atomic E-state index is -1.85. The fraction of sp³-hybridized carbons (Fsp3) is 0.532. The molecule has 0 saturated heterocycles. The monoisotopic (exact) mass is 1510 g/mol. The summed E-state index contributed by atoms with van der Waals surface area (Å²) in [6.07, 6.45) is 7.19. The Morgan fingerprint density at radius 2 is 1.28 bits per heavy atom. The van der Waals surface area contributed by atoms with Gasteiger partial charge in [0.05, 0.1) is 24.6 Å². The lowest BCUT2D eigenvalue weighted by Gasteiger charge is -2.33. The van der Waals surface area contributed by atoms with Crippen molar-refractivity contribution in [3.8, 4) is 5.75 Å². The number of amides is 11. The van der Waals surface area contributed by atoms with Gasteiger partial charge in [-0.25, -0.2) is 8.78 Å². The number of primary amides is 2. The molecule has 0 aliphatic carbocycles. The van der Waals surface area contributed by atoms with Crippen LogP contribution in [0.15, 0.2) is 85.1 Å². The van der Waals surface area contributed by atoms with Crippen molar-refractivity contribution in [2.75, 3.05) is 13.2 Å². The number of ketones is 3. The second-order valence-corrected chi connectivity index (χ2v) is 28.9. The molecule has 108 heavy (non-hydrogen) atoms. The van der Waals surface area contributed by atoms with Gasteiger partial charge in [0.25, 0.3) is 0 Å². The number of hydrogen-bond donors (Lipinski definition) is 15. The lowest BCUT2D eigenvalue weighted by molar-refractivity contribution is -0.140. The van der Waals surface area contributed by atoms with E-state index in [0.717, 1.165) is 12.1 Å². The summed E-state index contributed by atoms with van der Waals surface area (Å²) in [5.74, 6) is -17.0. The molecule has 2 heterocycles. The second-order valence-electron chi connectivity index (χ2n) is 28.9. The van der Waals surface area contributed by atoms with Gasteiger partial charge in [0, 0.05) is 55.2 Å². The SMILES string of the molecule is CC(=O)C[C@@H](Cc1ccc(F)c(F)c1)C(=O)N[C@]1(C)CCCCCC/C=C/CCC[C@@](C)(C(=O)NC(CO)C(=O)N[C@@H](C)C(=O)NC(C)C(N)=O)NC(=O)[C@H](CCC(C)C)CN[C@@H](CCC(N)=O)C(=O)C(=O)C(C)NC(=O)[C@H](Cc2c[nH]c3ccccc23)NC(=O)[C@H](Cc2ccc(O)cc2)NC(=O)C(C)NC1=O. The Balaban J connectivity index is 1.57. The third kappa shape index (κ3) is 27.8. The van der Waals surface area contributed by atoms with E-state index >= 15 is 0 Å². The van der Waals surface area contributed by atoms with E-state index in [1.165, 1.54) is 78.8 Å². The number of carbonyl (C=O) groups is 14. The molecule has 0 fully saturated rings. The van der Waals surface area contributed by atoms with Crippen LogP contribution in [0.25, 0.3) is 10.9 Å². The number of fused-ring (bicyclic) bond motifs is 1. The highest BCUT2D eigenvalue weighted by Crippen LogP contribution is 2.25. The van der Waals surface area contributed by atoms with Crippen LogP contribution >= 0.6 is 0 Å². The zero-order valence-corrected chi connectivity index (χ0v) is 62.9. The molecule has 590 valence electrons. The summed E-state index contributed by atoms with van der Waals surface area (Å²) in [5.41, 5.74) is 8.99. The molecule has 0 saturated carbocycles. The fourth-order valence-corrected chi connectivity index (χ4v) is 12.3. The van der Waals surface area contributed by atoms with Gasteiger partial charge in [0.15, 0.2) is 11.6 Å². The van der Waals surface area contributed by atoms with Crippen LogP contribution in [0.2, 0.25) is 0 Å². The van der Waals surface area contributed by atoms with Gasteiger partial charge in [-0.15, -0.1) is 0 Å². The number of H-pyrrole nitrogens is 1. The Bertz CT molecular complexity index is 3890. The summed E-state index contributed by atoms with van der Waals surface area (Å²) >= 11 is 0. The highest BCUT2D eigenvalue weighted by Gasteiger charge is 2.42. The normalized spacial score (nSPS) is 23.3. The topological polar surface area (TPSA) is 468 Å². The first-order valence-electron chi connectivity index (χ1n) is 36.6. The lowest BCUT2D eigenvalue weighted by atomic mass is 9.88. The third-order valence-corrected chi connectivity index (χ3v) is 19.1. The summed E-state index contributed by atoms with van der Waals surface area (Å²) in [6.45, 7) is 11.8. The Kier molecular flexibility index (Phi) is 34.6. The lowest BCUT2D eigenvalue weighted by Crippen LogP contribution is -2.63. The van der Waals surface area contributed by atoms with Gasteiger partial charge in [0.1, 0.15) is 58.9 Å². The van der Waals surface area contributed by atoms with Gasteiger partial charge in [-0.3, -0.25) is 62.3 Å². The van der Waals surface area contributed by atoms with Crippen molar-refractivity contribution in [1.29, 1.82) is 0 Å². The van der Waals surface area contributed by atoms with Gasteiger partial charge in [0.2, 0.25) is 76.5 Å². The van der Waals surface area contributed by atoms with Crippen LogP contribution < -0.4 is 64.6 Å². The summed E-state index contributed by atoms with van der Waals surface area (Å²) in [5, 5.41) is 47.8. The van der Waals surface area contributed by atoms with Crippen molar-refractivity contribution in [3.63, 3.8) is 0 Å². The van der Waals surface area contributed by atoms with Gasteiger partial charge in [-0.05, 0) is 159 Å².